The van der Waals surface area contributed by atoms with Gasteiger partial charge < -0.3 is 4.74 Å². The van der Waals surface area contributed by atoms with Crippen LogP contribution in [0, 0.1) is 17.2 Å². The summed E-state index contributed by atoms with van der Waals surface area (Å²) >= 11 is 0. The Kier molecular flexibility index (Phi) is 4.37. The molecule has 1 aliphatic rings. The van der Waals surface area contributed by atoms with Gasteiger partial charge in [0.15, 0.2) is 0 Å². The van der Waals surface area contributed by atoms with Crippen LogP contribution in [0.25, 0.3) is 0 Å². The number of ether oxygens (including phenoxy) is 1. The fraction of sp³-hybridized carbons (Fsp3) is 0.556. The van der Waals surface area contributed by atoms with Crippen molar-refractivity contribution in [2.75, 3.05) is 0 Å². The molecule has 0 amide bonds. The lowest BCUT2D eigenvalue weighted by molar-refractivity contribution is -0.161. The first kappa shape index (κ1) is 15.6. The summed E-state index contributed by atoms with van der Waals surface area (Å²) in [6, 6.07) is 12.4. The van der Waals surface area contributed by atoms with E-state index in [1.807, 2.05) is 51.1 Å². The molecule has 0 spiro atoms. The maximum atomic E-state index is 12.1. The SMILES string of the molecule is CC(C)(C)OC(=O)C1CCC(C#N)(c2ccccc2)CC1. The van der Waals surface area contributed by atoms with E-state index in [0.717, 1.165) is 31.2 Å². The Bertz CT molecular complexity index is 529. The van der Waals surface area contributed by atoms with Gasteiger partial charge in [-0.05, 0) is 52.0 Å². The van der Waals surface area contributed by atoms with Crippen LogP contribution in [0.3, 0.4) is 0 Å². The van der Waals surface area contributed by atoms with Crippen LogP contribution in [0.1, 0.15) is 52.0 Å². The van der Waals surface area contributed by atoms with E-state index in [1.54, 1.807) is 0 Å². The molecule has 0 atom stereocenters. The van der Waals surface area contributed by atoms with Gasteiger partial charge in [0.25, 0.3) is 0 Å². The van der Waals surface area contributed by atoms with Crippen molar-refractivity contribution < 1.29 is 9.53 Å². The number of carbonyl (C=O) groups excluding carboxylic acids is 1. The normalized spacial score (nSPS) is 25.9. The zero-order chi connectivity index (χ0) is 15.5. The molecule has 0 N–H and O–H groups in total. The molecule has 3 heteroatoms. The number of hydrogen-bond donors (Lipinski definition) is 0. The van der Waals surface area contributed by atoms with Crippen molar-refractivity contribution in [1.82, 2.24) is 0 Å². The van der Waals surface area contributed by atoms with E-state index >= 15 is 0 Å². The Balaban J connectivity index is 2.05. The molecule has 0 bridgehead atoms. The van der Waals surface area contributed by atoms with Crippen molar-refractivity contribution in [3.8, 4) is 6.07 Å². The maximum absolute atomic E-state index is 12.1. The van der Waals surface area contributed by atoms with Crippen molar-refractivity contribution in [3.63, 3.8) is 0 Å². The number of nitrogens with zero attached hydrogens (tertiary/aromatic N) is 1. The molecule has 2 rings (SSSR count). The summed E-state index contributed by atoms with van der Waals surface area (Å²) in [5.41, 5.74) is 0.176. The quantitative estimate of drug-likeness (QED) is 0.772. The van der Waals surface area contributed by atoms with Gasteiger partial charge in [0.2, 0.25) is 0 Å². The lowest BCUT2D eigenvalue weighted by atomic mass is 9.67. The van der Waals surface area contributed by atoms with Gasteiger partial charge in [-0.2, -0.15) is 5.26 Å². The maximum Gasteiger partial charge on any atom is 0.309 e. The smallest absolute Gasteiger partial charge is 0.309 e. The molecule has 112 valence electrons. The molecule has 1 aromatic carbocycles. The highest BCUT2D eigenvalue weighted by Gasteiger charge is 2.40. The largest absolute Gasteiger partial charge is 0.460 e. The summed E-state index contributed by atoms with van der Waals surface area (Å²) in [5, 5.41) is 9.64. The summed E-state index contributed by atoms with van der Waals surface area (Å²) in [6.07, 6.45) is 2.88. The van der Waals surface area contributed by atoms with Crippen LogP contribution in [-0.4, -0.2) is 11.6 Å². The van der Waals surface area contributed by atoms with Crippen molar-refractivity contribution in [3.05, 3.63) is 35.9 Å². The standard InChI is InChI=1S/C18H23NO2/c1-17(2,3)21-16(20)14-9-11-18(13-19,12-10-14)15-7-5-4-6-8-15/h4-8,14H,9-12H2,1-3H3. The minimum Gasteiger partial charge on any atom is -0.460 e. The van der Waals surface area contributed by atoms with Gasteiger partial charge in [-0.15, -0.1) is 0 Å². The fourth-order valence-corrected chi connectivity index (χ4v) is 2.95. The molecule has 0 saturated heterocycles. The third-order valence-electron chi connectivity index (χ3n) is 4.12. The van der Waals surface area contributed by atoms with E-state index in [-0.39, 0.29) is 11.9 Å². The number of benzene rings is 1. The van der Waals surface area contributed by atoms with Crippen molar-refractivity contribution in [2.45, 2.75) is 57.5 Å². The monoisotopic (exact) mass is 285 g/mol. The summed E-state index contributed by atoms with van der Waals surface area (Å²) in [7, 11) is 0. The van der Waals surface area contributed by atoms with E-state index in [2.05, 4.69) is 6.07 Å². The first-order chi connectivity index (χ1) is 9.86. The predicted molar refractivity (Wildman–Crippen MR) is 81.5 cm³/mol. The molecule has 1 saturated carbocycles. The zero-order valence-electron chi connectivity index (χ0n) is 13.1. The Morgan fingerprint density at radius 2 is 1.81 bits per heavy atom. The van der Waals surface area contributed by atoms with E-state index in [9.17, 15) is 10.1 Å². The average molecular weight is 285 g/mol. The molecule has 1 aliphatic carbocycles. The van der Waals surface area contributed by atoms with Gasteiger partial charge in [0.05, 0.1) is 17.4 Å². The fourth-order valence-electron chi connectivity index (χ4n) is 2.95. The second kappa shape index (κ2) is 5.89. The van der Waals surface area contributed by atoms with E-state index < -0.39 is 11.0 Å². The lowest BCUT2D eigenvalue weighted by Gasteiger charge is -2.35. The van der Waals surface area contributed by atoms with E-state index in [1.165, 1.54) is 0 Å². The highest BCUT2D eigenvalue weighted by atomic mass is 16.6. The number of nitriles is 1. The Labute approximate surface area is 126 Å². The van der Waals surface area contributed by atoms with Crippen LogP contribution in [-0.2, 0) is 14.9 Å². The molecule has 21 heavy (non-hydrogen) atoms. The second-order valence-electron chi connectivity index (χ2n) is 6.87. The van der Waals surface area contributed by atoms with Gasteiger partial charge >= 0.3 is 5.97 Å². The lowest BCUT2D eigenvalue weighted by Crippen LogP contribution is -2.36. The van der Waals surface area contributed by atoms with Gasteiger partial charge in [-0.25, -0.2) is 0 Å². The van der Waals surface area contributed by atoms with Gasteiger partial charge in [0.1, 0.15) is 5.60 Å². The summed E-state index contributed by atoms with van der Waals surface area (Å²) < 4.78 is 5.46. The second-order valence-corrected chi connectivity index (χ2v) is 6.87. The van der Waals surface area contributed by atoms with E-state index in [0.29, 0.717) is 0 Å². The molecule has 1 fully saturated rings. The number of rotatable bonds is 2. The molecule has 0 unspecified atom stereocenters. The van der Waals surface area contributed by atoms with Crippen LogP contribution in [0.2, 0.25) is 0 Å². The molecule has 0 aliphatic heterocycles. The topological polar surface area (TPSA) is 50.1 Å². The van der Waals surface area contributed by atoms with Crippen LogP contribution in [0.15, 0.2) is 30.3 Å². The molecule has 0 radical (unpaired) electrons. The van der Waals surface area contributed by atoms with Crippen LogP contribution in [0.5, 0.6) is 0 Å². The van der Waals surface area contributed by atoms with Gasteiger partial charge in [0, 0.05) is 0 Å². The number of carbonyl (C=O) groups is 1. The highest BCUT2D eigenvalue weighted by Crippen LogP contribution is 2.41. The number of hydrogen-bond acceptors (Lipinski definition) is 3. The Morgan fingerprint density at radius 3 is 2.29 bits per heavy atom. The predicted octanol–water partition coefficient (Wildman–Crippen LogP) is 3.98. The summed E-state index contributed by atoms with van der Waals surface area (Å²) in [6.45, 7) is 5.66. The van der Waals surface area contributed by atoms with Crippen molar-refractivity contribution in [2.24, 2.45) is 5.92 Å². The van der Waals surface area contributed by atoms with Crippen molar-refractivity contribution in [1.29, 1.82) is 5.26 Å². The Morgan fingerprint density at radius 1 is 1.24 bits per heavy atom. The van der Waals surface area contributed by atoms with Crippen LogP contribution in [0.4, 0.5) is 0 Å². The minimum absolute atomic E-state index is 0.0746. The zero-order valence-corrected chi connectivity index (χ0v) is 13.1. The first-order valence-corrected chi connectivity index (χ1v) is 7.56. The molecule has 3 nitrogen and oxygen atoms in total. The highest BCUT2D eigenvalue weighted by molar-refractivity contribution is 5.73. The summed E-state index contributed by atoms with van der Waals surface area (Å²) in [4.78, 5) is 12.1. The molecule has 0 heterocycles. The minimum atomic E-state index is -0.445. The van der Waals surface area contributed by atoms with Crippen LogP contribution >= 0.6 is 0 Å². The van der Waals surface area contributed by atoms with E-state index in [4.69, 9.17) is 4.74 Å². The summed E-state index contributed by atoms with van der Waals surface area (Å²) in [5.74, 6) is -0.198. The molecule has 0 aromatic heterocycles. The third kappa shape index (κ3) is 3.64. The van der Waals surface area contributed by atoms with Crippen LogP contribution < -0.4 is 0 Å². The van der Waals surface area contributed by atoms with Crippen molar-refractivity contribution >= 4 is 5.97 Å². The third-order valence-corrected chi connectivity index (χ3v) is 4.12. The molecule has 1 aromatic rings. The first-order valence-electron chi connectivity index (χ1n) is 7.56. The Hall–Kier alpha value is -1.82. The molecular weight excluding hydrogens is 262 g/mol. The van der Waals surface area contributed by atoms with Gasteiger partial charge in [-0.3, -0.25) is 4.79 Å². The number of esters is 1. The average Bonchev–Trinajstić information content (AvgIpc) is 2.46. The molecular formula is C18H23NO2. The van der Waals surface area contributed by atoms with Gasteiger partial charge in [-0.1, -0.05) is 30.3 Å².